The molecule has 1 fully saturated rings. The normalized spacial score (nSPS) is 28.3. The number of aliphatic hydroxyl groups excluding tert-OH is 1. The van der Waals surface area contributed by atoms with Gasteiger partial charge in [0.2, 0.25) is 0 Å². The van der Waals surface area contributed by atoms with Crippen LogP contribution < -0.4 is 0 Å². The molecule has 3 rings (SSSR count). The first-order valence-electron chi connectivity index (χ1n) is 8.02. The predicted molar refractivity (Wildman–Crippen MR) is 81.8 cm³/mol. The number of nitrogens with zero attached hydrogens (tertiary/aromatic N) is 2. The summed E-state index contributed by atoms with van der Waals surface area (Å²) in [5.41, 5.74) is 2.49. The van der Waals surface area contributed by atoms with Gasteiger partial charge in [0, 0.05) is 32.2 Å². The molecular weight excluding hydrogens is 248 g/mol. The standard InChI is InChI=1S/C17H26N2O/c1-2-9-18-10-12-19(13-11-18)16-8-7-14-5-3-4-6-15(14)17(16)20/h3-6,16-17,20H,2,7-13H2,1H3. The summed E-state index contributed by atoms with van der Waals surface area (Å²) in [5.74, 6) is 0. The quantitative estimate of drug-likeness (QED) is 0.914. The minimum atomic E-state index is -0.308. The number of fused-ring (bicyclic) bond motifs is 1. The van der Waals surface area contributed by atoms with Gasteiger partial charge in [-0.3, -0.25) is 4.90 Å². The number of hydrogen-bond acceptors (Lipinski definition) is 3. The summed E-state index contributed by atoms with van der Waals surface area (Å²) in [7, 11) is 0. The molecule has 1 saturated heterocycles. The summed E-state index contributed by atoms with van der Waals surface area (Å²) in [4.78, 5) is 5.05. The first-order chi connectivity index (χ1) is 9.79. The third kappa shape index (κ3) is 2.76. The molecule has 3 nitrogen and oxygen atoms in total. The van der Waals surface area contributed by atoms with Gasteiger partial charge in [-0.1, -0.05) is 31.2 Å². The van der Waals surface area contributed by atoms with Gasteiger partial charge in [0.1, 0.15) is 0 Å². The van der Waals surface area contributed by atoms with Crippen LogP contribution in [0.4, 0.5) is 0 Å². The lowest BCUT2D eigenvalue weighted by Gasteiger charge is -2.43. The number of rotatable bonds is 3. The molecule has 1 aliphatic carbocycles. The van der Waals surface area contributed by atoms with Crippen molar-refractivity contribution in [3.8, 4) is 0 Å². The van der Waals surface area contributed by atoms with E-state index in [4.69, 9.17) is 0 Å². The maximum atomic E-state index is 10.7. The van der Waals surface area contributed by atoms with Crippen molar-refractivity contribution >= 4 is 0 Å². The third-order valence-electron chi connectivity index (χ3n) is 4.86. The molecule has 20 heavy (non-hydrogen) atoms. The molecule has 2 aliphatic rings. The zero-order chi connectivity index (χ0) is 13.9. The molecule has 1 heterocycles. The van der Waals surface area contributed by atoms with Crippen LogP contribution in [-0.4, -0.2) is 53.7 Å². The summed E-state index contributed by atoms with van der Waals surface area (Å²) >= 11 is 0. The van der Waals surface area contributed by atoms with E-state index in [9.17, 15) is 5.11 Å². The number of benzene rings is 1. The number of aliphatic hydroxyl groups is 1. The first-order valence-corrected chi connectivity index (χ1v) is 8.02. The van der Waals surface area contributed by atoms with Gasteiger partial charge >= 0.3 is 0 Å². The second kappa shape index (κ2) is 6.25. The van der Waals surface area contributed by atoms with Crippen molar-refractivity contribution in [2.45, 2.75) is 38.3 Å². The molecule has 0 saturated carbocycles. The minimum absolute atomic E-state index is 0.308. The molecule has 0 bridgehead atoms. The van der Waals surface area contributed by atoms with E-state index in [0.717, 1.165) is 44.6 Å². The van der Waals surface area contributed by atoms with E-state index < -0.39 is 0 Å². The third-order valence-corrected chi connectivity index (χ3v) is 4.86. The van der Waals surface area contributed by atoms with Crippen LogP contribution in [-0.2, 0) is 6.42 Å². The van der Waals surface area contributed by atoms with Crippen molar-refractivity contribution in [2.75, 3.05) is 32.7 Å². The Kier molecular flexibility index (Phi) is 4.39. The van der Waals surface area contributed by atoms with E-state index in [2.05, 4.69) is 34.9 Å². The second-order valence-corrected chi connectivity index (χ2v) is 6.13. The fraction of sp³-hybridized carbons (Fsp3) is 0.647. The molecule has 1 N–H and O–H groups in total. The Balaban J connectivity index is 1.65. The van der Waals surface area contributed by atoms with Crippen LogP contribution in [0.2, 0.25) is 0 Å². The topological polar surface area (TPSA) is 26.7 Å². The van der Waals surface area contributed by atoms with Gasteiger partial charge in [0.25, 0.3) is 0 Å². The van der Waals surface area contributed by atoms with Gasteiger partial charge in [-0.2, -0.15) is 0 Å². The highest BCUT2D eigenvalue weighted by Crippen LogP contribution is 2.33. The van der Waals surface area contributed by atoms with Crippen molar-refractivity contribution in [3.05, 3.63) is 35.4 Å². The Morgan fingerprint density at radius 1 is 1.15 bits per heavy atom. The van der Waals surface area contributed by atoms with Gasteiger partial charge in [-0.05, 0) is 36.9 Å². The molecule has 1 aromatic rings. The van der Waals surface area contributed by atoms with Crippen LogP contribution in [0, 0.1) is 0 Å². The minimum Gasteiger partial charge on any atom is -0.387 e. The Morgan fingerprint density at radius 2 is 1.90 bits per heavy atom. The smallest absolute Gasteiger partial charge is 0.0947 e. The summed E-state index contributed by atoms with van der Waals surface area (Å²) < 4.78 is 0. The van der Waals surface area contributed by atoms with Gasteiger partial charge in [-0.15, -0.1) is 0 Å². The largest absolute Gasteiger partial charge is 0.387 e. The van der Waals surface area contributed by atoms with Crippen molar-refractivity contribution in [1.29, 1.82) is 0 Å². The highest BCUT2D eigenvalue weighted by Gasteiger charge is 2.33. The van der Waals surface area contributed by atoms with Crippen LogP contribution >= 0.6 is 0 Å². The van der Waals surface area contributed by atoms with Crippen molar-refractivity contribution in [1.82, 2.24) is 9.80 Å². The first kappa shape index (κ1) is 14.1. The zero-order valence-corrected chi connectivity index (χ0v) is 12.5. The SMILES string of the molecule is CCCN1CCN(C2CCc3ccccc3C2O)CC1. The molecule has 0 spiro atoms. The second-order valence-electron chi connectivity index (χ2n) is 6.13. The lowest BCUT2D eigenvalue weighted by molar-refractivity contribution is 0.00849. The van der Waals surface area contributed by atoms with Gasteiger partial charge in [0.05, 0.1) is 6.10 Å². The fourth-order valence-electron chi connectivity index (χ4n) is 3.74. The van der Waals surface area contributed by atoms with Crippen LogP contribution in [0.25, 0.3) is 0 Å². The maximum Gasteiger partial charge on any atom is 0.0947 e. The molecule has 3 heteroatoms. The van der Waals surface area contributed by atoms with Crippen molar-refractivity contribution in [2.24, 2.45) is 0 Å². The van der Waals surface area contributed by atoms with E-state index in [-0.39, 0.29) is 6.10 Å². The van der Waals surface area contributed by atoms with Crippen molar-refractivity contribution in [3.63, 3.8) is 0 Å². The highest BCUT2D eigenvalue weighted by molar-refractivity contribution is 5.32. The molecule has 2 atom stereocenters. The van der Waals surface area contributed by atoms with Crippen LogP contribution in [0.5, 0.6) is 0 Å². The van der Waals surface area contributed by atoms with E-state index in [1.165, 1.54) is 18.5 Å². The zero-order valence-electron chi connectivity index (χ0n) is 12.5. The Morgan fingerprint density at radius 3 is 2.65 bits per heavy atom. The Labute approximate surface area is 122 Å². The molecule has 1 aliphatic heterocycles. The molecule has 2 unspecified atom stereocenters. The van der Waals surface area contributed by atoms with Crippen molar-refractivity contribution < 1.29 is 5.11 Å². The Hall–Kier alpha value is -0.900. The number of piperazine rings is 1. The average Bonchev–Trinajstić information content (AvgIpc) is 2.49. The van der Waals surface area contributed by atoms with Crippen LogP contribution in [0.1, 0.15) is 37.0 Å². The summed E-state index contributed by atoms with van der Waals surface area (Å²) in [5, 5.41) is 10.7. The lowest BCUT2D eigenvalue weighted by Crippen LogP contribution is -2.52. The average molecular weight is 274 g/mol. The fourth-order valence-corrected chi connectivity index (χ4v) is 3.74. The van der Waals surface area contributed by atoms with Crippen LogP contribution in [0.3, 0.4) is 0 Å². The lowest BCUT2D eigenvalue weighted by atomic mass is 9.85. The highest BCUT2D eigenvalue weighted by atomic mass is 16.3. The number of aryl methyl sites for hydroxylation is 1. The number of hydrogen-bond donors (Lipinski definition) is 1. The van der Waals surface area contributed by atoms with Crippen LogP contribution in [0.15, 0.2) is 24.3 Å². The van der Waals surface area contributed by atoms with E-state index in [1.807, 2.05) is 6.07 Å². The molecule has 0 radical (unpaired) electrons. The van der Waals surface area contributed by atoms with E-state index in [1.54, 1.807) is 0 Å². The molecule has 1 aromatic carbocycles. The molecule has 0 aromatic heterocycles. The molecular formula is C17H26N2O. The predicted octanol–water partition coefficient (Wildman–Crippen LogP) is 2.06. The Bertz CT molecular complexity index is 440. The van der Waals surface area contributed by atoms with Gasteiger partial charge < -0.3 is 10.0 Å². The summed E-state index contributed by atoms with van der Waals surface area (Å²) in [6, 6.07) is 8.70. The van der Waals surface area contributed by atoms with E-state index in [0.29, 0.717) is 6.04 Å². The maximum absolute atomic E-state index is 10.7. The molecule has 110 valence electrons. The van der Waals surface area contributed by atoms with Gasteiger partial charge in [0.15, 0.2) is 0 Å². The summed E-state index contributed by atoms with van der Waals surface area (Å²) in [6.45, 7) is 7.96. The monoisotopic (exact) mass is 274 g/mol. The van der Waals surface area contributed by atoms with E-state index >= 15 is 0 Å². The summed E-state index contributed by atoms with van der Waals surface area (Å²) in [6.07, 6.45) is 3.12. The van der Waals surface area contributed by atoms with Gasteiger partial charge in [-0.25, -0.2) is 0 Å². The molecule has 0 amide bonds.